The number of hydrogen-bond donors (Lipinski definition) is 2. The largest absolute Gasteiger partial charge is 0.418 e. The lowest BCUT2D eigenvalue weighted by Gasteiger charge is -2.27. The molecule has 3 aromatic rings. The summed E-state index contributed by atoms with van der Waals surface area (Å²) in [5.41, 5.74) is 5.39. The van der Waals surface area contributed by atoms with Crippen molar-refractivity contribution in [2.24, 2.45) is 0 Å². The quantitative estimate of drug-likeness (QED) is 0.702. The summed E-state index contributed by atoms with van der Waals surface area (Å²) in [6.45, 7) is 0. The fourth-order valence-corrected chi connectivity index (χ4v) is 3.38. The summed E-state index contributed by atoms with van der Waals surface area (Å²) in [5, 5.41) is 15.0. The molecule has 3 heterocycles. The predicted molar refractivity (Wildman–Crippen MR) is 92.6 cm³/mol. The third kappa shape index (κ3) is 3.33. The van der Waals surface area contributed by atoms with Crippen LogP contribution in [0.5, 0.6) is 11.8 Å². The van der Waals surface area contributed by atoms with Gasteiger partial charge in [0.2, 0.25) is 5.88 Å². The van der Waals surface area contributed by atoms with Crippen LogP contribution in [-0.4, -0.2) is 35.9 Å². The highest BCUT2D eigenvalue weighted by Crippen LogP contribution is 2.37. The van der Waals surface area contributed by atoms with Gasteiger partial charge < -0.3 is 15.6 Å². The van der Waals surface area contributed by atoms with E-state index in [2.05, 4.69) is 20.1 Å². The number of alkyl halides is 3. The van der Waals surface area contributed by atoms with Crippen LogP contribution in [0.2, 0.25) is 0 Å². The normalized spacial score (nSPS) is 20.4. The SMILES string of the molecule is Nc1ncnc2c1c(Oc1cc(C(F)(F)F)ccn1)nn2[C@@H]1CCCC[C@H]1O. The van der Waals surface area contributed by atoms with Crippen molar-refractivity contribution in [3.05, 3.63) is 30.2 Å². The Balaban J connectivity index is 1.78. The highest BCUT2D eigenvalue weighted by molar-refractivity contribution is 5.90. The van der Waals surface area contributed by atoms with Crippen LogP contribution in [0.4, 0.5) is 19.0 Å². The molecule has 0 aliphatic heterocycles. The minimum atomic E-state index is -4.53. The lowest BCUT2D eigenvalue weighted by molar-refractivity contribution is -0.137. The van der Waals surface area contributed by atoms with Crippen LogP contribution < -0.4 is 10.5 Å². The predicted octanol–water partition coefficient (Wildman–Crippen LogP) is 3.09. The molecule has 3 aromatic heterocycles. The summed E-state index contributed by atoms with van der Waals surface area (Å²) in [4.78, 5) is 11.9. The van der Waals surface area contributed by atoms with E-state index < -0.39 is 17.8 Å². The molecule has 1 aliphatic rings. The van der Waals surface area contributed by atoms with Gasteiger partial charge in [0.1, 0.15) is 17.5 Å². The summed E-state index contributed by atoms with van der Waals surface area (Å²) >= 11 is 0. The van der Waals surface area contributed by atoms with Gasteiger partial charge in [0.25, 0.3) is 5.88 Å². The van der Waals surface area contributed by atoms with Gasteiger partial charge in [-0.05, 0) is 18.9 Å². The molecular formula is C17H17F3N6O2. The molecule has 0 unspecified atom stereocenters. The Morgan fingerprint density at radius 3 is 2.71 bits per heavy atom. The van der Waals surface area contributed by atoms with Gasteiger partial charge in [0.05, 0.1) is 17.7 Å². The first-order valence-corrected chi connectivity index (χ1v) is 8.72. The van der Waals surface area contributed by atoms with Gasteiger partial charge in [0.15, 0.2) is 5.65 Å². The second kappa shape index (κ2) is 6.89. The molecule has 4 rings (SSSR count). The third-order valence-corrected chi connectivity index (χ3v) is 4.76. The summed E-state index contributed by atoms with van der Waals surface area (Å²) in [5.74, 6) is -0.268. The van der Waals surface area contributed by atoms with Crippen LogP contribution in [0.1, 0.15) is 37.3 Å². The molecule has 8 nitrogen and oxygen atoms in total. The van der Waals surface area contributed by atoms with E-state index in [4.69, 9.17) is 10.5 Å². The molecule has 0 bridgehead atoms. The van der Waals surface area contributed by atoms with Gasteiger partial charge in [-0.2, -0.15) is 13.2 Å². The van der Waals surface area contributed by atoms with E-state index in [9.17, 15) is 18.3 Å². The summed E-state index contributed by atoms with van der Waals surface area (Å²) in [7, 11) is 0. The van der Waals surface area contributed by atoms with Crippen molar-refractivity contribution in [3.8, 4) is 11.8 Å². The molecule has 1 fully saturated rings. The molecule has 0 aromatic carbocycles. The average Bonchev–Trinajstić information content (AvgIpc) is 3.01. The van der Waals surface area contributed by atoms with Crippen molar-refractivity contribution < 1.29 is 23.0 Å². The van der Waals surface area contributed by atoms with Gasteiger partial charge >= 0.3 is 6.18 Å². The standard InChI is InChI=1S/C17H17F3N6O2/c18-17(19,20)9-5-6-22-12(7-9)28-16-13-14(21)23-8-24-15(13)26(25-16)10-3-1-2-4-11(10)27/h5-8,10-11,27H,1-4H2,(H2,21,23,24)/t10-,11-/m1/s1. The average molecular weight is 394 g/mol. The van der Waals surface area contributed by atoms with E-state index in [1.54, 1.807) is 0 Å². The number of anilines is 1. The topological polar surface area (TPSA) is 112 Å². The number of hydrogen-bond acceptors (Lipinski definition) is 7. The number of halogens is 3. The molecular weight excluding hydrogens is 377 g/mol. The molecule has 3 N–H and O–H groups in total. The van der Waals surface area contributed by atoms with E-state index in [1.165, 1.54) is 11.0 Å². The van der Waals surface area contributed by atoms with Gasteiger partial charge in [-0.15, -0.1) is 5.10 Å². The Morgan fingerprint density at radius 1 is 1.18 bits per heavy atom. The first kappa shape index (κ1) is 18.4. The second-order valence-corrected chi connectivity index (χ2v) is 6.61. The number of pyridine rings is 1. The summed E-state index contributed by atoms with van der Waals surface area (Å²) < 4.78 is 45.9. The first-order chi connectivity index (χ1) is 13.3. The van der Waals surface area contributed by atoms with Gasteiger partial charge in [-0.1, -0.05) is 12.8 Å². The minimum Gasteiger partial charge on any atom is -0.418 e. The van der Waals surface area contributed by atoms with E-state index in [0.717, 1.165) is 31.2 Å². The van der Waals surface area contributed by atoms with E-state index in [0.29, 0.717) is 18.5 Å². The van der Waals surface area contributed by atoms with E-state index in [-0.39, 0.29) is 29.0 Å². The van der Waals surface area contributed by atoms with Crippen molar-refractivity contribution in [1.82, 2.24) is 24.7 Å². The summed E-state index contributed by atoms with van der Waals surface area (Å²) in [6, 6.07) is 1.29. The van der Waals surface area contributed by atoms with Crippen LogP contribution in [0.3, 0.4) is 0 Å². The van der Waals surface area contributed by atoms with E-state index >= 15 is 0 Å². The highest BCUT2D eigenvalue weighted by atomic mass is 19.4. The number of rotatable bonds is 3. The number of nitrogen functional groups attached to an aromatic ring is 1. The minimum absolute atomic E-state index is 0.0577. The number of aliphatic hydroxyl groups excluding tert-OH is 1. The third-order valence-electron chi connectivity index (χ3n) is 4.76. The smallest absolute Gasteiger partial charge is 0.416 e. The second-order valence-electron chi connectivity index (χ2n) is 6.61. The zero-order chi connectivity index (χ0) is 19.9. The maximum Gasteiger partial charge on any atom is 0.416 e. The van der Waals surface area contributed by atoms with Gasteiger partial charge in [-0.3, -0.25) is 0 Å². The monoisotopic (exact) mass is 394 g/mol. The molecule has 1 saturated carbocycles. The van der Waals surface area contributed by atoms with Gasteiger partial charge in [0, 0.05) is 12.3 Å². The number of nitrogens with zero attached hydrogens (tertiary/aromatic N) is 5. The van der Waals surface area contributed by atoms with Crippen molar-refractivity contribution in [2.75, 3.05) is 5.73 Å². The maximum absolute atomic E-state index is 12.9. The fraction of sp³-hybridized carbons (Fsp3) is 0.412. The molecule has 0 spiro atoms. The van der Waals surface area contributed by atoms with Crippen molar-refractivity contribution in [1.29, 1.82) is 0 Å². The van der Waals surface area contributed by atoms with Gasteiger partial charge in [-0.25, -0.2) is 19.6 Å². The number of aliphatic hydroxyl groups is 1. The lowest BCUT2D eigenvalue weighted by Crippen LogP contribution is -2.28. The Labute approximate surface area is 157 Å². The number of ether oxygens (including phenoxy) is 1. The molecule has 0 radical (unpaired) electrons. The zero-order valence-electron chi connectivity index (χ0n) is 14.6. The molecule has 11 heteroatoms. The van der Waals surface area contributed by atoms with Crippen LogP contribution in [0, 0.1) is 0 Å². The molecule has 148 valence electrons. The Hall–Kier alpha value is -2.95. The molecule has 0 amide bonds. The lowest BCUT2D eigenvalue weighted by atomic mass is 9.93. The fourth-order valence-electron chi connectivity index (χ4n) is 3.38. The number of fused-ring (bicyclic) bond motifs is 1. The Kier molecular flexibility index (Phi) is 4.53. The number of nitrogens with two attached hydrogens (primary N) is 1. The summed E-state index contributed by atoms with van der Waals surface area (Å²) in [6.07, 6.45) is 0.241. The van der Waals surface area contributed by atoms with Crippen LogP contribution in [0.15, 0.2) is 24.7 Å². The first-order valence-electron chi connectivity index (χ1n) is 8.72. The highest BCUT2D eigenvalue weighted by Gasteiger charge is 2.32. The Bertz CT molecular complexity index is 1010. The van der Waals surface area contributed by atoms with Crippen LogP contribution >= 0.6 is 0 Å². The molecule has 28 heavy (non-hydrogen) atoms. The molecule has 1 aliphatic carbocycles. The maximum atomic E-state index is 12.9. The zero-order valence-corrected chi connectivity index (χ0v) is 14.6. The Morgan fingerprint density at radius 2 is 1.96 bits per heavy atom. The van der Waals surface area contributed by atoms with Crippen LogP contribution in [0.25, 0.3) is 11.0 Å². The van der Waals surface area contributed by atoms with Crippen molar-refractivity contribution >= 4 is 16.9 Å². The molecule has 0 saturated heterocycles. The van der Waals surface area contributed by atoms with Crippen molar-refractivity contribution in [3.63, 3.8) is 0 Å². The molecule has 2 atom stereocenters. The number of aromatic nitrogens is 5. The van der Waals surface area contributed by atoms with Crippen LogP contribution in [-0.2, 0) is 6.18 Å². The van der Waals surface area contributed by atoms with E-state index in [1.807, 2.05) is 0 Å². The van der Waals surface area contributed by atoms with Crippen molar-refractivity contribution in [2.45, 2.75) is 44.0 Å².